The van der Waals surface area contributed by atoms with Gasteiger partial charge in [-0.25, -0.2) is 4.79 Å². The number of aliphatic hydroxyl groups is 11. The number of hydrogen-bond acceptors (Lipinski definition) is 24. The second kappa shape index (κ2) is 32.2. The molecule has 3 fully saturated rings. The summed E-state index contributed by atoms with van der Waals surface area (Å²) in [5.74, 6) is -9.40. The smallest absolute Gasteiger partial charge is 0.364 e. The van der Waals surface area contributed by atoms with Gasteiger partial charge in [0.25, 0.3) is 18.5 Å². The number of unbranched alkanes of at least 4 members (excludes halogenated alkanes) is 11. The Kier molecular flexibility index (Phi) is 27.6. The van der Waals surface area contributed by atoms with E-state index >= 15 is 0 Å². The minimum Gasteiger partial charge on any atom is -0.862 e. The molecule has 4 aliphatic heterocycles. The summed E-state index contributed by atoms with van der Waals surface area (Å²) in [5.41, 5.74) is 0. The lowest BCUT2D eigenvalue weighted by molar-refractivity contribution is -0.465. The summed E-state index contributed by atoms with van der Waals surface area (Å²) in [6.45, 7) is 1.07. The molecule has 0 saturated carbocycles. The molecule has 4 heterocycles. The molecule has 0 aromatic heterocycles. The van der Waals surface area contributed by atoms with Crippen LogP contribution in [-0.4, -0.2) is 227 Å². The zero-order valence-electron chi connectivity index (χ0n) is 43.2. The number of rotatable bonds is 33. The molecule has 0 aromatic carbocycles. The standard InChI is InChI=1S/C50H82N2O24/c1-4-5-6-7-8-9-10-11-12-13-14-15-16-17-30(58)18-20-69-46-43(66)40(63)36(26-71-46)72-47-42(65)34(19-21-70-47)73-49(27-55)22-31(59)37(51-28(2)56)45(75-49)41(64)35(25-54)74-50(48(67)68)23-32(60)38(52-29(3)57)44(76-50)39(62)33(61)24-53/h16-17,19,21,26,30-47,53-54,58-66H,4-15,20,22-25,27H2,1-3H3,(H,51,56)(H,52,57)(H,67,68)/q-1/p-1/b17-16+/t30-,31+,32+,33-,34+,35-,36-,37-,38-,39-,40+,41-,42-,43-,44-,45-,46-,47+,49-,50-/m1/s1. The Labute approximate surface area is 442 Å². The number of nitrogens with one attached hydrogen (secondary N) is 1. The summed E-state index contributed by atoms with van der Waals surface area (Å²) in [6, 6.07) is -3.38. The van der Waals surface area contributed by atoms with Gasteiger partial charge in [-0.05, 0) is 31.7 Å². The van der Waals surface area contributed by atoms with Crippen molar-refractivity contribution >= 4 is 17.8 Å². The quantitative estimate of drug-likeness (QED) is 0.00985. The fourth-order valence-corrected chi connectivity index (χ4v) is 9.32. The summed E-state index contributed by atoms with van der Waals surface area (Å²) in [6.07, 6.45) is -8.73. The molecule has 0 spiro atoms. The minimum absolute atomic E-state index is 0.300. The van der Waals surface area contributed by atoms with Crippen LogP contribution in [0.25, 0.3) is 0 Å². The molecule has 0 aromatic rings. The maximum absolute atomic E-state index is 13.1. The highest BCUT2D eigenvalue weighted by atomic mass is 16.8. The zero-order chi connectivity index (χ0) is 56.2. The van der Waals surface area contributed by atoms with Crippen LogP contribution in [0.2, 0.25) is 0 Å². The SMILES string of the molecule is CCCCCCCCCCCCC/C=C/[C@@H](O)[C-]CO[C@@H]1O[CH+][C@@H](O[C@@H]2OC=C[C@H](O[C@]3(C[O-])C[C@H](O)[C@@H](N=C(C)[O-])[C@H]([C@H](O)[C@@H](CO)O[C@]4(C(=O)O)C[C@H](O)[C@@H](NC(C)=O)[C@H]([C@H](O)[C@H](O)CO)O4)O3)[C@H]2O)[C@H](O)[C@H]1O. The molecule has 26 nitrogen and oxygen atoms in total. The third-order valence-electron chi connectivity index (χ3n) is 13.5. The van der Waals surface area contributed by atoms with E-state index in [-0.39, 0.29) is 6.61 Å². The number of nitrogens with zero attached hydrogens (tertiary/aromatic N) is 1. The summed E-state index contributed by atoms with van der Waals surface area (Å²) in [7, 11) is 0. The first-order valence-electron chi connectivity index (χ1n) is 26.0. The zero-order valence-corrected chi connectivity index (χ0v) is 43.2. The van der Waals surface area contributed by atoms with E-state index in [0.29, 0.717) is 0 Å². The highest BCUT2D eigenvalue weighted by Crippen LogP contribution is 2.40. The molecule has 0 bridgehead atoms. The minimum atomic E-state index is -3.12. The first-order chi connectivity index (χ1) is 36.2. The Morgan fingerprint density at radius 1 is 0.868 bits per heavy atom. The van der Waals surface area contributed by atoms with Crippen LogP contribution in [0.5, 0.6) is 0 Å². The molecule has 1 amide bonds. The van der Waals surface area contributed by atoms with Crippen LogP contribution >= 0.6 is 0 Å². The van der Waals surface area contributed by atoms with Crippen molar-refractivity contribution in [2.24, 2.45) is 4.99 Å². The largest absolute Gasteiger partial charge is 0.862 e. The Balaban J connectivity index is 1.36. The van der Waals surface area contributed by atoms with E-state index in [1.54, 1.807) is 6.08 Å². The normalized spacial score (nSPS) is 35.2. The fraction of sp³-hybridized carbons (Fsp3) is 0.820. The van der Waals surface area contributed by atoms with Gasteiger partial charge in [-0.2, -0.15) is 4.74 Å². The van der Waals surface area contributed by atoms with Gasteiger partial charge in [0, 0.05) is 19.8 Å². The molecule has 20 atom stereocenters. The van der Waals surface area contributed by atoms with E-state index < -0.39 is 172 Å². The van der Waals surface area contributed by atoms with Crippen molar-refractivity contribution in [2.45, 2.75) is 232 Å². The summed E-state index contributed by atoms with van der Waals surface area (Å²) >= 11 is 0. The first-order valence-corrected chi connectivity index (χ1v) is 26.0. The van der Waals surface area contributed by atoms with Gasteiger partial charge in [0.1, 0.15) is 61.0 Å². The van der Waals surface area contributed by atoms with Crippen LogP contribution in [0, 0.1) is 13.0 Å². The number of carboxylic acids is 1. The number of aliphatic imine (C=N–C) groups is 1. The van der Waals surface area contributed by atoms with E-state index in [4.69, 9.17) is 37.9 Å². The van der Waals surface area contributed by atoms with Crippen molar-refractivity contribution < 1.29 is 119 Å². The van der Waals surface area contributed by atoms with Gasteiger partial charge in [-0.3, -0.25) is 14.5 Å². The molecule has 76 heavy (non-hydrogen) atoms. The van der Waals surface area contributed by atoms with Crippen molar-refractivity contribution in [3.8, 4) is 0 Å². The molecule has 0 aliphatic carbocycles. The van der Waals surface area contributed by atoms with Crippen molar-refractivity contribution in [1.82, 2.24) is 5.32 Å². The van der Waals surface area contributed by atoms with Gasteiger partial charge in [0.05, 0.1) is 37.7 Å². The van der Waals surface area contributed by atoms with Crippen LogP contribution in [0.4, 0.5) is 0 Å². The van der Waals surface area contributed by atoms with Crippen molar-refractivity contribution in [1.29, 1.82) is 0 Å². The molecular formula is C50H81N2O24-2. The second-order valence-electron chi connectivity index (χ2n) is 19.6. The van der Waals surface area contributed by atoms with E-state index in [1.807, 2.05) is 6.08 Å². The Hall–Kier alpha value is -3.20. The van der Waals surface area contributed by atoms with Crippen LogP contribution < -0.4 is 15.5 Å². The van der Waals surface area contributed by atoms with Gasteiger partial charge >= 0.3 is 5.97 Å². The average Bonchev–Trinajstić information content (AvgIpc) is 3.39. The van der Waals surface area contributed by atoms with E-state index in [0.717, 1.165) is 52.1 Å². The summed E-state index contributed by atoms with van der Waals surface area (Å²) in [4.78, 5) is 28.7. The lowest BCUT2D eigenvalue weighted by Gasteiger charge is -2.52. The van der Waals surface area contributed by atoms with Crippen molar-refractivity contribution in [3.63, 3.8) is 0 Å². The molecule has 3 saturated heterocycles. The Morgan fingerprint density at radius 3 is 2.12 bits per heavy atom. The third kappa shape index (κ3) is 18.7. The Bertz CT molecular complexity index is 1800. The molecule has 0 unspecified atom stereocenters. The maximum atomic E-state index is 13.1. The predicted molar refractivity (Wildman–Crippen MR) is 257 cm³/mol. The summed E-state index contributed by atoms with van der Waals surface area (Å²) < 4.78 is 45.2. The number of allylic oxidation sites excluding steroid dienone is 1. The molecule has 26 heteroatoms. The summed E-state index contributed by atoms with van der Waals surface area (Å²) in [5, 5.41) is 157. The third-order valence-corrected chi connectivity index (χ3v) is 13.5. The molecule has 4 aliphatic rings. The number of carboxylic acid groups (broad SMARTS) is 1. The average molecular weight is 1090 g/mol. The van der Waals surface area contributed by atoms with Crippen molar-refractivity contribution in [3.05, 3.63) is 37.5 Å². The highest BCUT2D eigenvalue weighted by Gasteiger charge is 2.59. The van der Waals surface area contributed by atoms with Gasteiger partial charge in [-0.1, -0.05) is 103 Å². The Morgan fingerprint density at radius 2 is 1.53 bits per heavy atom. The van der Waals surface area contributed by atoms with E-state index in [2.05, 4.69) is 23.7 Å². The monoisotopic (exact) mass is 1090 g/mol. The topological polar surface area (TPSA) is 421 Å². The molecule has 13 N–H and O–H groups in total. The second-order valence-corrected chi connectivity index (χ2v) is 19.6. The number of carbonyl (C=O) groups excluding carboxylic acids is 1. The van der Waals surface area contributed by atoms with E-state index in [9.17, 15) is 81.1 Å². The van der Waals surface area contributed by atoms with Gasteiger partial charge in [0.2, 0.25) is 18.5 Å². The number of aliphatic hydroxyl groups excluding tert-OH is 11. The van der Waals surface area contributed by atoms with Crippen molar-refractivity contribution in [2.75, 3.05) is 26.4 Å². The lowest BCUT2D eigenvalue weighted by Crippen LogP contribution is -2.69. The fourth-order valence-electron chi connectivity index (χ4n) is 9.32. The van der Waals surface area contributed by atoms with Crippen LogP contribution in [0.3, 0.4) is 0 Å². The molecule has 4 rings (SSSR count). The number of carbonyl (C=O) groups is 2. The molecule has 437 valence electrons. The predicted octanol–water partition coefficient (Wildman–Crippen LogP) is -3.81. The number of hydrogen-bond donors (Lipinski definition) is 13. The number of ether oxygens (including phenoxy) is 8. The highest BCUT2D eigenvalue weighted by molar-refractivity contribution is 5.76. The van der Waals surface area contributed by atoms with Gasteiger partial charge < -0.3 is 112 Å². The van der Waals surface area contributed by atoms with Crippen LogP contribution in [0.15, 0.2) is 29.5 Å². The van der Waals surface area contributed by atoms with Crippen LogP contribution in [-0.2, 0) is 47.5 Å². The van der Waals surface area contributed by atoms with E-state index in [1.165, 1.54) is 57.8 Å². The van der Waals surface area contributed by atoms with Gasteiger partial charge in [0.15, 0.2) is 11.9 Å². The van der Waals surface area contributed by atoms with Crippen LogP contribution in [0.1, 0.15) is 111 Å². The lowest BCUT2D eigenvalue weighted by atomic mass is 9.87. The maximum Gasteiger partial charge on any atom is 0.364 e. The first kappa shape index (κ1) is 65.3. The molecule has 1 radical (unpaired) electrons. The number of amides is 1. The molecular weight excluding hydrogens is 1010 g/mol. The van der Waals surface area contributed by atoms with Gasteiger partial charge in [-0.15, -0.1) is 0 Å². The number of aliphatic carboxylic acids is 1.